The predicted molar refractivity (Wildman–Crippen MR) is 121 cm³/mol. The summed E-state index contributed by atoms with van der Waals surface area (Å²) in [5.74, 6) is 2.89. The lowest BCUT2D eigenvalue weighted by atomic mass is 9.60. The van der Waals surface area contributed by atoms with Crippen LogP contribution >= 0.6 is 0 Å². The maximum Gasteiger partial charge on any atom is 0.0626 e. The van der Waals surface area contributed by atoms with Crippen molar-refractivity contribution in [1.82, 2.24) is 0 Å². The number of allylic oxidation sites excluding steroid dienone is 4. The number of aliphatic hydroxyl groups excluding tert-OH is 1. The quantitative estimate of drug-likeness (QED) is 0.497. The Hall–Kier alpha value is -0.820. The van der Waals surface area contributed by atoms with Crippen molar-refractivity contribution in [3.8, 4) is 0 Å². The number of hydrogen-bond donors (Lipinski definition) is 1. The monoisotopic (exact) mass is 387 g/mol. The van der Waals surface area contributed by atoms with Gasteiger partial charge in [0.1, 0.15) is 0 Å². The minimum atomic E-state index is -0.448. The maximum absolute atomic E-state index is 10.1. The number of hydrogen-bond acceptors (Lipinski definition) is 1. The molecule has 1 heteroatoms. The second-order valence-electron chi connectivity index (χ2n) is 10.6. The van der Waals surface area contributed by atoms with Crippen molar-refractivity contribution < 1.29 is 9.22 Å². The SMILES string of the molecule is [2H]C([2H])=C1CC[C@H](O)CC1=C([2H])C=C1CCC[C@]2(C)[C@@H]([C@H](C)CCCC(C)C)CC[C@@H]12. The molecule has 3 rings (SSSR count). The van der Waals surface area contributed by atoms with Crippen molar-refractivity contribution in [1.29, 1.82) is 0 Å². The summed E-state index contributed by atoms with van der Waals surface area (Å²) >= 11 is 0. The lowest BCUT2D eigenvalue weighted by molar-refractivity contribution is 0.0929. The molecule has 0 aliphatic heterocycles. The van der Waals surface area contributed by atoms with Crippen LogP contribution in [0.2, 0.25) is 0 Å². The van der Waals surface area contributed by atoms with Gasteiger partial charge in [0.2, 0.25) is 0 Å². The fourth-order valence-electron chi connectivity index (χ4n) is 6.49. The van der Waals surface area contributed by atoms with E-state index in [0.717, 1.165) is 29.7 Å². The molecule has 0 heterocycles. The Kier molecular flexibility index (Phi) is 5.99. The highest BCUT2D eigenvalue weighted by atomic mass is 16.3. The van der Waals surface area contributed by atoms with Gasteiger partial charge in [-0.3, -0.25) is 0 Å². The van der Waals surface area contributed by atoms with E-state index in [1.54, 1.807) is 0 Å². The van der Waals surface area contributed by atoms with Gasteiger partial charge < -0.3 is 5.11 Å². The Morgan fingerprint density at radius 1 is 1.25 bits per heavy atom. The third-order valence-corrected chi connectivity index (χ3v) is 8.13. The van der Waals surface area contributed by atoms with Crippen LogP contribution in [-0.4, -0.2) is 11.2 Å². The lowest BCUT2D eigenvalue weighted by Crippen LogP contribution is -2.36. The summed E-state index contributed by atoms with van der Waals surface area (Å²) in [5.41, 5.74) is 3.15. The highest BCUT2D eigenvalue weighted by molar-refractivity contribution is 5.36. The largest absolute Gasteiger partial charge is 0.393 e. The number of aliphatic hydroxyl groups is 1. The zero-order chi connectivity index (χ0) is 22.8. The van der Waals surface area contributed by atoms with Crippen molar-refractivity contribution in [2.45, 2.75) is 104 Å². The van der Waals surface area contributed by atoms with E-state index < -0.39 is 6.10 Å². The molecule has 0 aromatic carbocycles. The summed E-state index contributed by atoms with van der Waals surface area (Å²) < 4.78 is 24.4. The smallest absolute Gasteiger partial charge is 0.0626 e. The lowest BCUT2D eigenvalue weighted by Gasteiger charge is -2.44. The molecular formula is C27H44O. The van der Waals surface area contributed by atoms with Gasteiger partial charge in [-0.15, -0.1) is 0 Å². The van der Waals surface area contributed by atoms with Crippen LogP contribution in [0.5, 0.6) is 0 Å². The first-order chi connectivity index (χ1) is 14.6. The summed E-state index contributed by atoms with van der Waals surface area (Å²) in [5, 5.41) is 10.1. The van der Waals surface area contributed by atoms with Gasteiger partial charge in [0.15, 0.2) is 0 Å². The fraction of sp³-hybridized carbons (Fsp3) is 0.778. The first kappa shape index (κ1) is 18.0. The normalized spacial score (nSPS) is 39.4. The molecule has 0 unspecified atom stereocenters. The molecule has 0 spiro atoms. The van der Waals surface area contributed by atoms with Crippen LogP contribution in [0.25, 0.3) is 0 Å². The molecule has 28 heavy (non-hydrogen) atoms. The van der Waals surface area contributed by atoms with Gasteiger partial charge in [-0.05, 0) is 86.0 Å². The van der Waals surface area contributed by atoms with E-state index in [-0.39, 0.29) is 6.53 Å². The Balaban J connectivity index is 1.81. The van der Waals surface area contributed by atoms with E-state index in [2.05, 4.69) is 33.8 Å². The Bertz CT molecular complexity index is 731. The molecule has 3 aliphatic carbocycles. The van der Waals surface area contributed by atoms with Crippen LogP contribution in [0.15, 0.2) is 35.4 Å². The fourth-order valence-corrected chi connectivity index (χ4v) is 6.49. The summed E-state index contributed by atoms with van der Waals surface area (Å²) in [6.07, 6.45) is 13.3. The molecule has 0 aromatic heterocycles. The van der Waals surface area contributed by atoms with E-state index in [0.29, 0.717) is 42.2 Å². The number of rotatable bonds is 6. The molecule has 3 aliphatic rings. The Morgan fingerprint density at radius 2 is 2.07 bits per heavy atom. The van der Waals surface area contributed by atoms with Gasteiger partial charge in [0.05, 0.1) is 10.2 Å². The van der Waals surface area contributed by atoms with Crippen LogP contribution in [0.4, 0.5) is 0 Å². The first-order valence-electron chi connectivity index (χ1n) is 13.4. The van der Waals surface area contributed by atoms with Crippen molar-refractivity contribution in [3.05, 3.63) is 35.4 Å². The molecular weight excluding hydrogens is 340 g/mol. The van der Waals surface area contributed by atoms with Gasteiger partial charge in [0.25, 0.3) is 0 Å². The van der Waals surface area contributed by atoms with Gasteiger partial charge in [0, 0.05) is 0 Å². The second-order valence-corrected chi connectivity index (χ2v) is 10.6. The molecule has 0 radical (unpaired) electrons. The molecule has 0 bridgehead atoms. The van der Waals surface area contributed by atoms with Gasteiger partial charge >= 0.3 is 0 Å². The van der Waals surface area contributed by atoms with Crippen LogP contribution in [0.1, 0.15) is 102 Å². The average Bonchev–Trinajstić information content (AvgIpc) is 3.05. The topological polar surface area (TPSA) is 20.2 Å². The zero-order valence-electron chi connectivity index (χ0n) is 21.7. The van der Waals surface area contributed by atoms with Crippen LogP contribution < -0.4 is 0 Å². The van der Waals surface area contributed by atoms with Crippen LogP contribution in [-0.2, 0) is 0 Å². The summed E-state index contributed by atoms with van der Waals surface area (Å²) in [6.45, 7) is 9.44. The molecule has 5 atom stereocenters. The molecule has 1 N–H and O–H groups in total. The van der Waals surface area contributed by atoms with E-state index in [4.69, 9.17) is 4.11 Å². The highest BCUT2D eigenvalue weighted by Gasteiger charge is 2.50. The molecule has 3 saturated carbocycles. The van der Waals surface area contributed by atoms with Crippen LogP contribution in [0.3, 0.4) is 0 Å². The predicted octanol–water partition coefficient (Wildman–Crippen LogP) is 7.62. The summed E-state index contributed by atoms with van der Waals surface area (Å²) in [6, 6.07) is 0.443. The van der Waals surface area contributed by atoms with Gasteiger partial charge in [-0.1, -0.05) is 76.8 Å². The molecule has 158 valence electrons. The second kappa shape index (κ2) is 9.33. The van der Waals surface area contributed by atoms with E-state index in [1.165, 1.54) is 50.5 Å². The minimum absolute atomic E-state index is 0.185. The molecule has 3 fully saturated rings. The van der Waals surface area contributed by atoms with E-state index in [1.807, 2.05) is 0 Å². The minimum Gasteiger partial charge on any atom is -0.393 e. The standard InChI is InChI=1S/C27H44O/c1-19(2)8-6-9-21(4)25-15-16-26-22(10-7-17-27(25,26)5)12-13-23-18-24(28)14-11-20(23)3/h12-13,19,21,24-26,28H,3,6-11,14-18H2,1-2,4-5H3/t21-,24+,25-,26+,27-/m1/s1/i3D2,13D. The third-order valence-electron chi connectivity index (χ3n) is 8.13. The summed E-state index contributed by atoms with van der Waals surface area (Å²) in [4.78, 5) is 0. The third kappa shape index (κ3) is 4.84. The van der Waals surface area contributed by atoms with Crippen molar-refractivity contribution in [3.63, 3.8) is 0 Å². The van der Waals surface area contributed by atoms with E-state index in [9.17, 15) is 5.11 Å². The molecule has 0 aromatic rings. The Morgan fingerprint density at radius 3 is 2.82 bits per heavy atom. The van der Waals surface area contributed by atoms with Crippen molar-refractivity contribution in [2.75, 3.05) is 0 Å². The molecule has 0 amide bonds. The number of fused-ring (bicyclic) bond motifs is 1. The maximum atomic E-state index is 10.1. The molecule has 0 saturated heterocycles. The van der Waals surface area contributed by atoms with Gasteiger partial charge in [-0.2, -0.15) is 0 Å². The van der Waals surface area contributed by atoms with Crippen LogP contribution in [0, 0.1) is 29.1 Å². The van der Waals surface area contributed by atoms with Crippen molar-refractivity contribution in [2.24, 2.45) is 29.1 Å². The van der Waals surface area contributed by atoms with Crippen molar-refractivity contribution >= 4 is 0 Å². The summed E-state index contributed by atoms with van der Waals surface area (Å²) in [7, 11) is 0. The van der Waals surface area contributed by atoms with E-state index >= 15 is 0 Å². The molecule has 1 nitrogen and oxygen atoms in total. The first-order valence-corrected chi connectivity index (χ1v) is 11.9. The average molecular weight is 388 g/mol. The zero-order valence-corrected chi connectivity index (χ0v) is 18.7. The van der Waals surface area contributed by atoms with Gasteiger partial charge in [-0.25, -0.2) is 0 Å². The highest BCUT2D eigenvalue weighted by Crippen LogP contribution is 2.59. The Labute approximate surface area is 178 Å².